The number of non-ortho nitro benzene ring substituents is 1. The minimum atomic E-state index is -0.516. The first-order valence-corrected chi connectivity index (χ1v) is 7.36. The van der Waals surface area contributed by atoms with Gasteiger partial charge in [-0.05, 0) is 30.3 Å². The van der Waals surface area contributed by atoms with Crippen LogP contribution in [-0.2, 0) is 4.79 Å². The molecule has 6 nitrogen and oxygen atoms in total. The highest BCUT2D eigenvalue weighted by molar-refractivity contribution is 7.80. The van der Waals surface area contributed by atoms with Gasteiger partial charge in [-0.25, -0.2) is 0 Å². The van der Waals surface area contributed by atoms with Crippen molar-refractivity contribution in [3.63, 3.8) is 0 Å². The summed E-state index contributed by atoms with van der Waals surface area (Å²) in [6.45, 7) is 4.47. The molecule has 1 fully saturated rings. The van der Waals surface area contributed by atoms with Crippen molar-refractivity contribution in [2.45, 2.75) is 13.8 Å². The van der Waals surface area contributed by atoms with E-state index >= 15 is 0 Å². The zero-order valence-corrected chi connectivity index (χ0v) is 13.6. The first-order chi connectivity index (χ1) is 10.3. The van der Waals surface area contributed by atoms with Gasteiger partial charge in [-0.1, -0.05) is 25.4 Å². The second-order valence-electron chi connectivity index (χ2n) is 5.26. The van der Waals surface area contributed by atoms with Gasteiger partial charge >= 0.3 is 0 Å². The maximum absolute atomic E-state index is 12.3. The van der Waals surface area contributed by atoms with Gasteiger partial charge < -0.3 is 5.32 Å². The number of carbonyl (C=O) groups is 1. The highest BCUT2D eigenvalue weighted by Gasteiger charge is 2.31. The number of benzene rings is 1. The Kier molecular flexibility index (Phi) is 4.77. The molecule has 2 rings (SSSR count). The number of halogens is 1. The molecule has 1 aliphatic heterocycles. The number of carbonyl (C=O) groups excluding carboxylic acids is 1. The Hall–Kier alpha value is -1.99. The fraction of sp³-hybridized carbons (Fsp3) is 0.286. The van der Waals surface area contributed by atoms with E-state index in [1.165, 1.54) is 29.2 Å². The number of hydrogen-bond donors (Lipinski definition) is 1. The molecule has 1 aromatic rings. The number of nitrogens with zero attached hydrogens (tertiary/aromatic N) is 2. The monoisotopic (exact) mass is 339 g/mol. The molecular formula is C14H14ClN3O3S. The fourth-order valence-corrected chi connectivity index (χ4v) is 2.45. The molecule has 22 heavy (non-hydrogen) atoms. The lowest BCUT2D eigenvalue weighted by Crippen LogP contribution is -2.33. The molecule has 0 bridgehead atoms. The van der Waals surface area contributed by atoms with E-state index < -0.39 is 4.92 Å². The molecular weight excluding hydrogens is 326 g/mol. The summed E-state index contributed by atoms with van der Waals surface area (Å²) in [5, 5.41) is 14.3. The molecule has 1 aromatic carbocycles. The smallest absolute Gasteiger partial charge is 0.276 e. The molecule has 0 unspecified atom stereocenters. The predicted molar refractivity (Wildman–Crippen MR) is 88.4 cm³/mol. The highest BCUT2D eigenvalue weighted by atomic mass is 35.5. The van der Waals surface area contributed by atoms with E-state index in [9.17, 15) is 14.9 Å². The van der Waals surface area contributed by atoms with Crippen molar-refractivity contribution in [2.24, 2.45) is 5.92 Å². The molecule has 0 aromatic heterocycles. The van der Waals surface area contributed by atoms with E-state index in [1.807, 2.05) is 13.8 Å². The molecule has 1 aliphatic rings. The predicted octanol–water partition coefficient (Wildman–Crippen LogP) is 2.96. The van der Waals surface area contributed by atoms with Crippen LogP contribution in [0.5, 0.6) is 0 Å². The lowest BCUT2D eigenvalue weighted by molar-refractivity contribution is -0.384. The van der Waals surface area contributed by atoms with Crippen LogP contribution in [0.15, 0.2) is 23.9 Å². The number of amides is 1. The summed E-state index contributed by atoms with van der Waals surface area (Å²) >= 11 is 11.2. The SMILES string of the molecule is CC(C)CN1C(=O)/C(=C\c2cc([N+](=O)[O-])ccc2Cl)NC1=S. The third kappa shape index (κ3) is 3.42. The van der Waals surface area contributed by atoms with Crippen LogP contribution in [0.4, 0.5) is 5.69 Å². The van der Waals surface area contributed by atoms with Gasteiger partial charge in [0.05, 0.1) is 4.92 Å². The van der Waals surface area contributed by atoms with Crippen LogP contribution in [0.3, 0.4) is 0 Å². The van der Waals surface area contributed by atoms with E-state index in [-0.39, 0.29) is 23.2 Å². The molecule has 0 saturated carbocycles. The van der Waals surface area contributed by atoms with Gasteiger partial charge in [-0.2, -0.15) is 0 Å². The van der Waals surface area contributed by atoms with Gasteiger partial charge in [0.25, 0.3) is 11.6 Å². The highest BCUT2D eigenvalue weighted by Crippen LogP contribution is 2.25. The quantitative estimate of drug-likeness (QED) is 0.395. The summed E-state index contributed by atoms with van der Waals surface area (Å²) in [6, 6.07) is 4.05. The first kappa shape index (κ1) is 16.4. The maximum Gasteiger partial charge on any atom is 0.276 e. The third-order valence-corrected chi connectivity index (χ3v) is 3.67. The molecule has 1 amide bonds. The second-order valence-corrected chi connectivity index (χ2v) is 6.05. The number of thiocarbonyl (C=S) groups is 1. The van der Waals surface area contributed by atoms with Crippen molar-refractivity contribution in [3.8, 4) is 0 Å². The Bertz CT molecular complexity index is 688. The Balaban J connectivity index is 2.34. The standard InChI is InChI=1S/C14H14ClN3O3S/c1-8(2)7-17-13(19)12(16-14(17)22)6-9-5-10(18(20)21)3-4-11(9)15/h3-6,8H,7H2,1-2H3,(H,16,22)/b12-6+. The van der Waals surface area contributed by atoms with Gasteiger partial charge in [-0.3, -0.25) is 19.8 Å². The van der Waals surface area contributed by atoms with Crippen LogP contribution in [0.1, 0.15) is 19.4 Å². The largest absolute Gasteiger partial charge is 0.328 e. The molecule has 1 N–H and O–H groups in total. The molecule has 0 aliphatic carbocycles. The summed E-state index contributed by atoms with van der Waals surface area (Å²) in [5.74, 6) is 0.00530. The van der Waals surface area contributed by atoms with Crippen molar-refractivity contribution < 1.29 is 9.72 Å². The molecule has 0 spiro atoms. The zero-order valence-electron chi connectivity index (χ0n) is 12.0. The number of hydrogen-bond acceptors (Lipinski definition) is 4. The number of rotatable bonds is 4. The van der Waals surface area contributed by atoms with Crippen molar-refractivity contribution in [2.75, 3.05) is 6.54 Å². The average molecular weight is 340 g/mol. The van der Waals surface area contributed by atoms with E-state index in [1.54, 1.807) is 0 Å². The van der Waals surface area contributed by atoms with Gasteiger partial charge in [0.15, 0.2) is 5.11 Å². The van der Waals surface area contributed by atoms with Crippen molar-refractivity contribution in [1.82, 2.24) is 10.2 Å². The lowest BCUT2D eigenvalue weighted by Gasteiger charge is -2.15. The van der Waals surface area contributed by atoms with Crippen molar-refractivity contribution >= 4 is 46.6 Å². The van der Waals surface area contributed by atoms with Crippen LogP contribution in [0, 0.1) is 16.0 Å². The number of nitro benzene ring substituents is 1. The van der Waals surface area contributed by atoms with Gasteiger partial charge in [0.2, 0.25) is 0 Å². The molecule has 116 valence electrons. The molecule has 8 heteroatoms. The first-order valence-electron chi connectivity index (χ1n) is 6.58. The van der Waals surface area contributed by atoms with E-state index in [2.05, 4.69) is 5.32 Å². The van der Waals surface area contributed by atoms with Crippen LogP contribution in [0.2, 0.25) is 5.02 Å². The summed E-state index contributed by atoms with van der Waals surface area (Å²) in [4.78, 5) is 24.1. The molecule has 0 radical (unpaired) electrons. The number of nitrogens with one attached hydrogen (secondary N) is 1. The van der Waals surface area contributed by atoms with Gasteiger partial charge in [-0.15, -0.1) is 0 Å². The van der Waals surface area contributed by atoms with Crippen LogP contribution < -0.4 is 5.32 Å². The Labute approximate surface area is 137 Å². The Morgan fingerprint density at radius 3 is 2.77 bits per heavy atom. The fourth-order valence-electron chi connectivity index (χ4n) is 2.01. The van der Waals surface area contributed by atoms with Crippen LogP contribution >= 0.6 is 23.8 Å². The Morgan fingerprint density at radius 2 is 2.18 bits per heavy atom. The second kappa shape index (κ2) is 6.41. The van der Waals surface area contributed by atoms with Crippen molar-refractivity contribution in [1.29, 1.82) is 0 Å². The summed E-state index contributed by atoms with van der Waals surface area (Å²) < 4.78 is 0. The Morgan fingerprint density at radius 1 is 1.50 bits per heavy atom. The zero-order chi connectivity index (χ0) is 16.4. The van der Waals surface area contributed by atoms with E-state index in [4.69, 9.17) is 23.8 Å². The normalized spacial score (nSPS) is 16.5. The minimum Gasteiger partial charge on any atom is -0.328 e. The van der Waals surface area contributed by atoms with Crippen LogP contribution in [-0.4, -0.2) is 27.4 Å². The third-order valence-electron chi connectivity index (χ3n) is 3.00. The molecule has 0 atom stereocenters. The lowest BCUT2D eigenvalue weighted by atomic mass is 10.1. The average Bonchev–Trinajstić information content (AvgIpc) is 2.68. The molecule has 1 heterocycles. The molecule has 1 saturated heterocycles. The van der Waals surface area contributed by atoms with Gasteiger partial charge in [0, 0.05) is 29.3 Å². The number of nitro groups is 1. The van der Waals surface area contributed by atoms with Crippen molar-refractivity contribution in [3.05, 3.63) is 44.6 Å². The van der Waals surface area contributed by atoms with Gasteiger partial charge in [0.1, 0.15) is 5.70 Å². The van der Waals surface area contributed by atoms with E-state index in [0.717, 1.165) is 0 Å². The summed E-state index contributed by atoms with van der Waals surface area (Å²) in [7, 11) is 0. The minimum absolute atomic E-state index is 0.0942. The van der Waals surface area contributed by atoms with Crippen LogP contribution in [0.25, 0.3) is 6.08 Å². The maximum atomic E-state index is 12.3. The van der Waals surface area contributed by atoms with E-state index in [0.29, 0.717) is 22.2 Å². The summed E-state index contributed by atoms with van der Waals surface area (Å²) in [5.41, 5.74) is 0.553. The topological polar surface area (TPSA) is 75.5 Å². The summed E-state index contributed by atoms with van der Waals surface area (Å²) in [6.07, 6.45) is 1.48.